The lowest BCUT2D eigenvalue weighted by molar-refractivity contribution is -0.140. The molecule has 0 aliphatic carbocycles. The van der Waals surface area contributed by atoms with E-state index in [4.69, 9.17) is 9.47 Å². The number of hydrogen-bond donors (Lipinski definition) is 1. The van der Waals surface area contributed by atoms with Crippen molar-refractivity contribution in [1.29, 1.82) is 0 Å². The zero-order valence-electron chi connectivity index (χ0n) is 13.0. The van der Waals surface area contributed by atoms with E-state index in [9.17, 15) is 14.7 Å². The molecule has 2 rings (SSSR count). The Balaban J connectivity index is 2.49. The first kappa shape index (κ1) is 16.5. The van der Waals surface area contributed by atoms with Gasteiger partial charge in [-0.05, 0) is 29.3 Å². The van der Waals surface area contributed by atoms with Gasteiger partial charge in [0, 0.05) is 5.92 Å². The van der Waals surface area contributed by atoms with Gasteiger partial charge in [0.05, 0.1) is 26.2 Å². The first-order valence-corrected chi connectivity index (χ1v) is 7.09. The third-order valence-electron chi connectivity index (χ3n) is 3.68. The van der Waals surface area contributed by atoms with Crippen molar-refractivity contribution in [2.24, 2.45) is 0 Å². The molecule has 0 fully saturated rings. The van der Waals surface area contributed by atoms with E-state index in [2.05, 4.69) is 0 Å². The van der Waals surface area contributed by atoms with Gasteiger partial charge in [-0.1, -0.05) is 30.3 Å². The molecule has 0 amide bonds. The maximum Gasteiger partial charge on any atom is 0.335 e. The molecule has 5 nitrogen and oxygen atoms in total. The lowest BCUT2D eigenvalue weighted by Gasteiger charge is -2.19. The molecule has 0 saturated carbocycles. The number of carbonyl (C=O) groups is 2. The van der Waals surface area contributed by atoms with E-state index in [0.717, 1.165) is 5.56 Å². The molecular formula is C18H18O5. The minimum Gasteiger partial charge on any atom is -0.497 e. The van der Waals surface area contributed by atoms with Crippen molar-refractivity contribution in [3.05, 3.63) is 65.2 Å². The Morgan fingerprint density at radius 3 is 2.26 bits per heavy atom. The molecule has 0 radical (unpaired) electrons. The summed E-state index contributed by atoms with van der Waals surface area (Å²) in [6, 6.07) is 13.9. The smallest absolute Gasteiger partial charge is 0.335 e. The van der Waals surface area contributed by atoms with Crippen LogP contribution in [-0.2, 0) is 9.53 Å². The highest BCUT2D eigenvalue weighted by atomic mass is 16.5. The van der Waals surface area contributed by atoms with Crippen LogP contribution in [0.3, 0.4) is 0 Å². The molecule has 2 aromatic rings. The van der Waals surface area contributed by atoms with Gasteiger partial charge in [0.1, 0.15) is 5.75 Å². The van der Waals surface area contributed by atoms with Crippen LogP contribution < -0.4 is 4.74 Å². The summed E-state index contributed by atoms with van der Waals surface area (Å²) in [5, 5.41) is 9.40. The van der Waals surface area contributed by atoms with Crippen LogP contribution in [-0.4, -0.2) is 31.3 Å². The molecule has 0 aromatic heterocycles. The van der Waals surface area contributed by atoms with Crippen LogP contribution in [0.2, 0.25) is 0 Å². The Morgan fingerprint density at radius 2 is 1.70 bits per heavy atom. The standard InChI is InChI=1S/C18H18O5/c1-22-13-9-7-12(8-10-13)16(11-17(19)23-2)14-5-3-4-6-15(14)18(20)21/h3-10,16H,11H2,1-2H3,(H,20,21). The van der Waals surface area contributed by atoms with Crippen LogP contribution in [0, 0.1) is 0 Å². The van der Waals surface area contributed by atoms with Crippen LogP contribution in [0.1, 0.15) is 33.8 Å². The third kappa shape index (κ3) is 3.88. The Hall–Kier alpha value is -2.82. The molecule has 1 atom stereocenters. The van der Waals surface area contributed by atoms with Gasteiger partial charge < -0.3 is 14.6 Å². The summed E-state index contributed by atoms with van der Waals surface area (Å²) in [6.45, 7) is 0. The SMILES string of the molecule is COC(=O)CC(c1ccc(OC)cc1)c1ccccc1C(=O)O. The predicted molar refractivity (Wildman–Crippen MR) is 84.9 cm³/mol. The normalized spacial score (nSPS) is 11.6. The number of benzene rings is 2. The van der Waals surface area contributed by atoms with Crippen LogP contribution in [0.25, 0.3) is 0 Å². The topological polar surface area (TPSA) is 72.8 Å². The number of esters is 1. The van der Waals surface area contributed by atoms with Gasteiger partial charge in [-0.2, -0.15) is 0 Å². The van der Waals surface area contributed by atoms with Crippen molar-refractivity contribution in [1.82, 2.24) is 0 Å². The number of aromatic carboxylic acids is 1. The molecule has 120 valence electrons. The lowest BCUT2D eigenvalue weighted by atomic mass is 9.85. The van der Waals surface area contributed by atoms with Crippen molar-refractivity contribution in [3.63, 3.8) is 0 Å². The second-order valence-electron chi connectivity index (χ2n) is 5.00. The predicted octanol–water partition coefficient (Wildman–Crippen LogP) is 3.09. The van der Waals surface area contributed by atoms with Crippen LogP contribution in [0.4, 0.5) is 0 Å². The molecule has 23 heavy (non-hydrogen) atoms. The minimum absolute atomic E-state index is 0.0626. The van der Waals surface area contributed by atoms with Crippen molar-refractivity contribution < 1.29 is 24.2 Å². The molecule has 0 aliphatic heterocycles. The number of carboxylic acids is 1. The van der Waals surface area contributed by atoms with Gasteiger partial charge in [-0.3, -0.25) is 4.79 Å². The molecule has 1 N–H and O–H groups in total. The van der Waals surface area contributed by atoms with Crippen LogP contribution >= 0.6 is 0 Å². The largest absolute Gasteiger partial charge is 0.497 e. The van der Waals surface area contributed by atoms with Gasteiger partial charge in [-0.15, -0.1) is 0 Å². The summed E-state index contributed by atoms with van der Waals surface area (Å²) in [5.74, 6) is -1.13. The van der Waals surface area contributed by atoms with E-state index in [-0.39, 0.29) is 12.0 Å². The highest BCUT2D eigenvalue weighted by molar-refractivity contribution is 5.90. The second-order valence-corrected chi connectivity index (χ2v) is 5.00. The minimum atomic E-state index is -1.02. The second kappa shape index (κ2) is 7.45. The lowest BCUT2D eigenvalue weighted by Crippen LogP contribution is -2.13. The fourth-order valence-electron chi connectivity index (χ4n) is 2.49. The molecule has 5 heteroatoms. The number of carboxylic acid groups (broad SMARTS) is 1. The summed E-state index contributed by atoms with van der Waals surface area (Å²) in [6.07, 6.45) is 0.0626. The maximum atomic E-state index is 11.8. The van der Waals surface area contributed by atoms with Gasteiger partial charge >= 0.3 is 11.9 Å². The van der Waals surface area contributed by atoms with E-state index < -0.39 is 17.9 Å². The van der Waals surface area contributed by atoms with Gasteiger partial charge in [0.15, 0.2) is 0 Å². The van der Waals surface area contributed by atoms with E-state index in [1.165, 1.54) is 13.2 Å². The Labute approximate surface area is 134 Å². The summed E-state index contributed by atoms with van der Waals surface area (Å²) in [7, 11) is 2.89. The Morgan fingerprint density at radius 1 is 1.04 bits per heavy atom. The molecule has 0 bridgehead atoms. The van der Waals surface area contributed by atoms with Gasteiger partial charge in [0.2, 0.25) is 0 Å². The summed E-state index contributed by atoms with van der Waals surface area (Å²) in [4.78, 5) is 23.3. The van der Waals surface area contributed by atoms with E-state index in [1.807, 2.05) is 12.1 Å². The molecule has 0 heterocycles. The first-order chi connectivity index (χ1) is 11.1. The maximum absolute atomic E-state index is 11.8. The summed E-state index contributed by atoms with van der Waals surface area (Å²) >= 11 is 0. The number of carbonyl (C=O) groups excluding carboxylic acids is 1. The number of ether oxygens (including phenoxy) is 2. The zero-order chi connectivity index (χ0) is 16.8. The van der Waals surface area contributed by atoms with Crippen molar-refractivity contribution in [2.75, 3.05) is 14.2 Å². The van der Waals surface area contributed by atoms with Gasteiger partial charge in [0.25, 0.3) is 0 Å². The molecular weight excluding hydrogens is 296 g/mol. The highest BCUT2D eigenvalue weighted by Crippen LogP contribution is 2.32. The third-order valence-corrected chi connectivity index (χ3v) is 3.68. The van der Waals surface area contributed by atoms with Crippen molar-refractivity contribution >= 4 is 11.9 Å². The quantitative estimate of drug-likeness (QED) is 0.830. The van der Waals surface area contributed by atoms with Crippen LogP contribution in [0.15, 0.2) is 48.5 Å². The fourth-order valence-corrected chi connectivity index (χ4v) is 2.49. The average Bonchev–Trinajstić information content (AvgIpc) is 2.59. The Bertz CT molecular complexity index is 691. The monoisotopic (exact) mass is 314 g/mol. The molecule has 2 aromatic carbocycles. The number of hydrogen-bond acceptors (Lipinski definition) is 4. The van der Waals surface area contributed by atoms with E-state index in [1.54, 1.807) is 37.4 Å². The van der Waals surface area contributed by atoms with Gasteiger partial charge in [-0.25, -0.2) is 4.79 Å². The van der Waals surface area contributed by atoms with E-state index >= 15 is 0 Å². The van der Waals surface area contributed by atoms with Crippen LogP contribution in [0.5, 0.6) is 5.75 Å². The molecule has 1 unspecified atom stereocenters. The number of methoxy groups -OCH3 is 2. The number of rotatable bonds is 6. The summed E-state index contributed by atoms with van der Waals surface area (Å²) < 4.78 is 9.89. The average molecular weight is 314 g/mol. The zero-order valence-corrected chi connectivity index (χ0v) is 13.0. The first-order valence-electron chi connectivity index (χ1n) is 7.09. The molecule has 0 spiro atoms. The summed E-state index contributed by atoms with van der Waals surface area (Å²) in [5.41, 5.74) is 1.58. The van der Waals surface area contributed by atoms with E-state index in [0.29, 0.717) is 11.3 Å². The fraction of sp³-hybridized carbons (Fsp3) is 0.222. The highest BCUT2D eigenvalue weighted by Gasteiger charge is 2.23. The van der Waals surface area contributed by atoms with Crippen molar-refractivity contribution in [3.8, 4) is 5.75 Å². The molecule has 0 saturated heterocycles. The Kier molecular flexibility index (Phi) is 5.36. The van der Waals surface area contributed by atoms with Crippen molar-refractivity contribution in [2.45, 2.75) is 12.3 Å². The molecule has 0 aliphatic rings.